The molecule has 2 saturated heterocycles. The van der Waals surface area contributed by atoms with Crippen molar-refractivity contribution < 1.29 is 19.7 Å². The molecule has 1 amide bonds. The van der Waals surface area contributed by atoms with E-state index in [-0.39, 0.29) is 24.2 Å². The van der Waals surface area contributed by atoms with Crippen molar-refractivity contribution >= 4 is 40.6 Å². The smallest absolute Gasteiger partial charge is 0.264 e. The van der Waals surface area contributed by atoms with Crippen molar-refractivity contribution in [2.45, 2.75) is 25.0 Å². The van der Waals surface area contributed by atoms with E-state index in [4.69, 9.17) is 10.1 Å². The Labute approximate surface area is 226 Å². The third-order valence-corrected chi connectivity index (χ3v) is 7.16. The van der Waals surface area contributed by atoms with E-state index < -0.39 is 6.10 Å². The minimum atomic E-state index is -0.619. The Morgan fingerprint density at radius 2 is 1.92 bits per heavy atom. The summed E-state index contributed by atoms with van der Waals surface area (Å²) in [7, 11) is 3.46. The summed E-state index contributed by atoms with van der Waals surface area (Å²) < 4.78 is 5.57. The van der Waals surface area contributed by atoms with Gasteiger partial charge in [0.2, 0.25) is 5.96 Å². The predicted octanol–water partition coefficient (Wildman–Crippen LogP) is 2.45. The molecule has 0 spiro atoms. The first-order valence-electron chi connectivity index (χ1n) is 12.5. The Hall–Kier alpha value is -3.54. The number of hydrogen-bond acceptors (Lipinski definition) is 8. The van der Waals surface area contributed by atoms with Gasteiger partial charge in [0, 0.05) is 45.5 Å². The molecule has 2 aliphatic rings. The number of aliphatic hydroxyl groups excluding tert-OH is 1. The molecule has 10 nitrogen and oxygen atoms in total. The van der Waals surface area contributed by atoms with Gasteiger partial charge in [-0.25, -0.2) is 0 Å². The minimum Gasteiger partial charge on any atom is -0.508 e. The second-order valence-electron chi connectivity index (χ2n) is 9.42. The van der Waals surface area contributed by atoms with E-state index in [1.807, 2.05) is 18.2 Å². The van der Waals surface area contributed by atoms with Crippen molar-refractivity contribution in [2.24, 2.45) is 4.99 Å². The molecule has 0 saturated carbocycles. The van der Waals surface area contributed by atoms with E-state index in [0.717, 1.165) is 37.2 Å². The number of rotatable bonds is 8. The summed E-state index contributed by atoms with van der Waals surface area (Å²) in [6.45, 7) is 2.47. The fraction of sp³-hybridized carbons (Fsp3) is 0.370. The van der Waals surface area contributed by atoms with Crippen LogP contribution in [0.25, 0.3) is 6.08 Å². The number of phenols is 1. The number of piperidine rings is 1. The summed E-state index contributed by atoms with van der Waals surface area (Å²) in [6, 6.07) is 14.9. The van der Waals surface area contributed by atoms with Gasteiger partial charge in [-0.15, -0.1) is 0 Å². The van der Waals surface area contributed by atoms with E-state index in [1.54, 1.807) is 43.3 Å². The van der Waals surface area contributed by atoms with Crippen LogP contribution in [-0.2, 0) is 4.79 Å². The Morgan fingerprint density at radius 1 is 1.24 bits per heavy atom. The highest BCUT2D eigenvalue weighted by atomic mass is 32.2. The highest BCUT2D eigenvalue weighted by Crippen LogP contribution is 2.27. The second kappa shape index (κ2) is 12.8. The van der Waals surface area contributed by atoms with Gasteiger partial charge in [0.25, 0.3) is 5.91 Å². The number of nitrogens with zero attached hydrogens (tertiary/aromatic N) is 3. The fourth-order valence-corrected chi connectivity index (χ4v) is 4.87. The van der Waals surface area contributed by atoms with Crippen LogP contribution >= 0.6 is 11.8 Å². The maximum Gasteiger partial charge on any atom is 0.264 e. The lowest BCUT2D eigenvalue weighted by Gasteiger charge is -2.34. The molecule has 0 bridgehead atoms. The molecule has 11 heteroatoms. The average Bonchev–Trinajstić information content (AvgIpc) is 3.25. The highest BCUT2D eigenvalue weighted by Gasteiger charge is 2.24. The number of aliphatic imine (C=N–C) groups is 1. The summed E-state index contributed by atoms with van der Waals surface area (Å²) in [5, 5.41) is 33.9. The van der Waals surface area contributed by atoms with Crippen LogP contribution in [0.4, 0.5) is 5.69 Å². The number of amidine groups is 1. The Balaban J connectivity index is 1.21. The number of ether oxygens (including phenoxy) is 1. The normalized spacial score (nSPS) is 19.0. The summed E-state index contributed by atoms with van der Waals surface area (Å²) in [6.07, 6.45) is 3.15. The van der Waals surface area contributed by atoms with E-state index in [1.165, 1.54) is 11.8 Å². The number of nitrogens with one attached hydrogen (secondary N) is 3. The van der Waals surface area contributed by atoms with Crippen molar-refractivity contribution in [3.63, 3.8) is 0 Å². The molecular formula is C27H34N6O4S. The van der Waals surface area contributed by atoms with Crippen LogP contribution in [0.3, 0.4) is 0 Å². The third kappa shape index (κ3) is 7.73. The number of carbonyl (C=O) groups excluding carboxylic acids is 1. The zero-order valence-electron chi connectivity index (χ0n) is 21.6. The molecule has 202 valence electrons. The predicted molar refractivity (Wildman–Crippen MR) is 152 cm³/mol. The van der Waals surface area contributed by atoms with Crippen LogP contribution in [0.15, 0.2) is 58.4 Å². The molecule has 0 aromatic heterocycles. The summed E-state index contributed by atoms with van der Waals surface area (Å²) >= 11 is 1.23. The van der Waals surface area contributed by atoms with Crippen LogP contribution in [0.1, 0.15) is 18.4 Å². The number of aromatic hydroxyl groups is 1. The number of carbonyl (C=O) groups is 1. The van der Waals surface area contributed by atoms with Gasteiger partial charge in [-0.1, -0.05) is 12.1 Å². The van der Waals surface area contributed by atoms with Gasteiger partial charge in [0.05, 0.1) is 4.91 Å². The summed E-state index contributed by atoms with van der Waals surface area (Å²) in [4.78, 5) is 20.9. The van der Waals surface area contributed by atoms with Gasteiger partial charge < -0.3 is 35.4 Å². The molecular weight excluding hydrogens is 504 g/mol. The maximum atomic E-state index is 12.3. The van der Waals surface area contributed by atoms with Crippen molar-refractivity contribution in [3.8, 4) is 11.5 Å². The van der Waals surface area contributed by atoms with Crippen molar-refractivity contribution in [1.82, 2.24) is 15.5 Å². The van der Waals surface area contributed by atoms with Crippen molar-refractivity contribution in [1.29, 1.82) is 5.41 Å². The molecule has 5 N–H and O–H groups in total. The minimum absolute atomic E-state index is 0.0770. The SMILES string of the molecule is CN(C)C(=N)N=C1NC(=O)/C(=C\c2ccc(N3CCC(NC[C@H](O)COc4ccc(O)cc4)CC3)cc2)S1. The molecule has 2 fully saturated rings. The van der Waals surface area contributed by atoms with E-state index >= 15 is 0 Å². The average molecular weight is 539 g/mol. The molecule has 0 radical (unpaired) electrons. The topological polar surface area (TPSA) is 134 Å². The Kier molecular flexibility index (Phi) is 9.27. The molecule has 2 aromatic carbocycles. The van der Waals surface area contributed by atoms with E-state index in [9.17, 15) is 15.0 Å². The monoisotopic (exact) mass is 538 g/mol. The van der Waals surface area contributed by atoms with E-state index in [0.29, 0.717) is 28.4 Å². The molecule has 2 heterocycles. The standard InChI is InChI=1S/C27H34N6O4S/c1-32(2)26(28)31-27-30-25(36)24(38-27)15-18-3-5-20(6-4-18)33-13-11-19(12-14-33)29-16-22(35)17-37-23-9-7-21(34)8-10-23/h3-10,15,19,22,29,34-35H,11-14,16-17H2,1-2H3,(H2,28,30,31,36)/b24-15+/t22-/m0/s1. The Bertz CT molecular complexity index is 1180. The van der Waals surface area contributed by atoms with Gasteiger partial charge >= 0.3 is 0 Å². The molecule has 0 aliphatic carbocycles. The first-order valence-corrected chi connectivity index (χ1v) is 13.3. The number of phenolic OH excluding ortho intramolecular Hbond substituents is 1. The number of hydrogen-bond donors (Lipinski definition) is 5. The summed E-state index contributed by atoms with van der Waals surface area (Å²) in [5.41, 5.74) is 2.06. The molecule has 4 rings (SSSR count). The molecule has 0 unspecified atom stereocenters. The highest BCUT2D eigenvalue weighted by molar-refractivity contribution is 8.18. The van der Waals surface area contributed by atoms with Crippen LogP contribution in [-0.4, -0.2) is 84.6 Å². The second-order valence-corrected chi connectivity index (χ2v) is 10.5. The van der Waals surface area contributed by atoms with Gasteiger partial charge in [0.1, 0.15) is 24.2 Å². The molecule has 2 aliphatic heterocycles. The Morgan fingerprint density at radius 3 is 2.58 bits per heavy atom. The summed E-state index contributed by atoms with van der Waals surface area (Å²) in [5.74, 6) is 0.659. The van der Waals surface area contributed by atoms with E-state index in [2.05, 4.69) is 32.7 Å². The fourth-order valence-electron chi connectivity index (χ4n) is 4.05. The lowest BCUT2D eigenvalue weighted by molar-refractivity contribution is -0.115. The third-order valence-electron chi connectivity index (χ3n) is 6.25. The first kappa shape index (κ1) is 27.5. The number of amides is 1. The van der Waals surface area contributed by atoms with Crippen molar-refractivity contribution in [2.75, 3.05) is 45.2 Å². The number of aliphatic hydroxyl groups is 1. The van der Waals surface area contributed by atoms with Crippen LogP contribution < -0.4 is 20.3 Å². The zero-order valence-corrected chi connectivity index (χ0v) is 22.4. The largest absolute Gasteiger partial charge is 0.508 e. The van der Waals surface area contributed by atoms with Gasteiger partial charge in [0.15, 0.2) is 5.17 Å². The van der Waals surface area contributed by atoms with Crippen LogP contribution in [0.2, 0.25) is 0 Å². The van der Waals surface area contributed by atoms with Crippen LogP contribution in [0, 0.1) is 5.41 Å². The molecule has 2 aromatic rings. The van der Waals surface area contributed by atoms with Gasteiger partial charge in [-0.3, -0.25) is 10.2 Å². The number of thioether (sulfide) groups is 1. The van der Waals surface area contributed by atoms with Crippen LogP contribution in [0.5, 0.6) is 11.5 Å². The zero-order chi connectivity index (χ0) is 27.1. The van der Waals surface area contributed by atoms with Gasteiger partial charge in [-0.2, -0.15) is 4.99 Å². The maximum absolute atomic E-state index is 12.3. The first-order chi connectivity index (χ1) is 18.3. The lowest BCUT2D eigenvalue weighted by atomic mass is 10.0. The molecule has 1 atom stereocenters. The van der Waals surface area contributed by atoms with Crippen molar-refractivity contribution in [3.05, 3.63) is 59.0 Å². The quantitative estimate of drug-likeness (QED) is 0.197. The molecule has 38 heavy (non-hydrogen) atoms. The number of anilines is 1. The number of guanidine groups is 1. The number of benzene rings is 2. The lowest BCUT2D eigenvalue weighted by Crippen LogP contribution is -2.45. The van der Waals surface area contributed by atoms with Gasteiger partial charge in [-0.05, 0) is 72.6 Å².